The average Bonchev–Trinajstić information content (AvgIpc) is 3.12. The van der Waals surface area contributed by atoms with E-state index in [9.17, 15) is 29.4 Å². The van der Waals surface area contributed by atoms with E-state index in [2.05, 4.69) is 13.8 Å². The van der Waals surface area contributed by atoms with Crippen LogP contribution in [0.2, 0.25) is 0 Å². The van der Waals surface area contributed by atoms with E-state index in [0.29, 0.717) is 25.4 Å². The van der Waals surface area contributed by atoms with Crippen LogP contribution in [-0.2, 0) is 56.0 Å². The number of carboxylic acid groups (broad SMARTS) is 2. The van der Waals surface area contributed by atoms with E-state index in [1.54, 1.807) is 0 Å². The Hall–Kier alpha value is -1.72. The Bertz CT molecular complexity index is 803. The summed E-state index contributed by atoms with van der Waals surface area (Å²) in [7, 11) is 0. The number of esters is 2. The van der Waals surface area contributed by atoms with E-state index in [0.717, 1.165) is 37.8 Å². The van der Waals surface area contributed by atoms with Crippen LogP contribution in [0.1, 0.15) is 219 Å². The molecule has 9 heteroatoms. The monoisotopic (exact) mass is 848 g/mol. The number of unbranched alkanes of at least 4 members (excludes halogenated alkanes) is 30. The van der Waals surface area contributed by atoms with Crippen LogP contribution in [0, 0.1) is 0 Å². The molecule has 0 saturated heterocycles. The van der Waals surface area contributed by atoms with Crippen LogP contribution in [0.4, 0.5) is 0 Å². The van der Waals surface area contributed by atoms with Gasteiger partial charge in [-0.25, -0.2) is 9.59 Å². The van der Waals surface area contributed by atoms with E-state index < -0.39 is 23.9 Å². The topological polar surface area (TPSA) is 133 Å². The van der Waals surface area contributed by atoms with Crippen LogP contribution in [-0.4, -0.2) is 37.1 Å². The standard InChI is InChI=1S/2C22H40O4.Cd/c2*1-2-3-4-5-6-7-8-9-10-11-12-13-14-15-16-17-20-26-22(25)19-18-21(23)24;/h2*18-19H,2-17,20H2,1H3,(H,23,24);/q;;+2/p-2/b2*19-18-;. The number of aliphatic carboxylic acids is 2. The molecule has 0 aromatic rings. The first kappa shape index (κ1) is 55.6. The summed E-state index contributed by atoms with van der Waals surface area (Å²) in [6.07, 6.45) is 44.9. The zero-order valence-corrected chi connectivity index (χ0v) is 38.4. The molecule has 0 saturated carbocycles. The Labute approximate surface area is 345 Å². The molecule has 0 rings (SSSR count). The first-order valence-corrected chi connectivity index (χ1v) is 21.4. The Balaban J connectivity index is -0.000000926. The number of hydrogen-bond acceptors (Lipinski definition) is 8. The summed E-state index contributed by atoms with van der Waals surface area (Å²) in [4.78, 5) is 42.5. The first-order valence-electron chi connectivity index (χ1n) is 21.4. The van der Waals surface area contributed by atoms with Gasteiger partial charge in [-0.05, 0) is 25.0 Å². The maximum atomic E-state index is 11.1. The minimum Gasteiger partial charge on any atom is -0.545 e. The molecule has 0 fully saturated rings. The van der Waals surface area contributed by atoms with Crippen molar-refractivity contribution in [3.8, 4) is 0 Å². The van der Waals surface area contributed by atoms with Crippen LogP contribution in [0.3, 0.4) is 0 Å². The molecule has 0 aliphatic carbocycles. The van der Waals surface area contributed by atoms with Crippen molar-refractivity contribution in [2.24, 2.45) is 0 Å². The van der Waals surface area contributed by atoms with Crippen LogP contribution in [0.25, 0.3) is 0 Å². The van der Waals surface area contributed by atoms with Crippen molar-refractivity contribution in [3.63, 3.8) is 0 Å². The maximum Gasteiger partial charge on any atom is 2.00 e. The normalized spacial score (nSPS) is 10.9. The quantitative estimate of drug-likeness (QED) is 0.0260. The molecule has 8 nitrogen and oxygen atoms in total. The van der Waals surface area contributed by atoms with Crippen molar-refractivity contribution in [3.05, 3.63) is 24.3 Å². The Kier molecular flexibility index (Phi) is 50.7. The third kappa shape index (κ3) is 54.7. The second-order valence-corrected chi connectivity index (χ2v) is 14.2. The minimum atomic E-state index is -1.38. The van der Waals surface area contributed by atoms with Crippen molar-refractivity contribution in [1.29, 1.82) is 0 Å². The van der Waals surface area contributed by atoms with Crippen molar-refractivity contribution >= 4 is 23.9 Å². The van der Waals surface area contributed by atoms with E-state index in [-0.39, 0.29) is 27.3 Å². The zero-order chi connectivity index (χ0) is 38.6. The second kappa shape index (κ2) is 48.3. The molecule has 0 aromatic carbocycles. The van der Waals surface area contributed by atoms with E-state index >= 15 is 0 Å². The maximum absolute atomic E-state index is 11.1. The molecule has 0 aromatic heterocycles. The first-order chi connectivity index (χ1) is 25.3. The molecule has 0 atom stereocenters. The molecule has 0 N–H and O–H groups in total. The summed E-state index contributed by atoms with van der Waals surface area (Å²) in [5, 5.41) is 20.3. The molecule has 0 bridgehead atoms. The molecule has 53 heavy (non-hydrogen) atoms. The molecular weight excluding hydrogens is 769 g/mol. The molecule has 0 aliphatic heterocycles. The summed E-state index contributed by atoms with van der Waals surface area (Å²) in [5.74, 6) is -4.00. The third-order valence-corrected chi connectivity index (χ3v) is 9.20. The van der Waals surface area contributed by atoms with Crippen molar-refractivity contribution in [2.45, 2.75) is 219 Å². The Morgan fingerprint density at radius 1 is 0.340 bits per heavy atom. The molecule has 0 unspecified atom stereocenters. The predicted octanol–water partition coefficient (Wildman–Crippen LogP) is 10.2. The van der Waals surface area contributed by atoms with Crippen LogP contribution in [0.5, 0.6) is 0 Å². The van der Waals surface area contributed by atoms with Gasteiger partial charge in [0.2, 0.25) is 0 Å². The fraction of sp³-hybridized carbons (Fsp3) is 0.818. The zero-order valence-electron chi connectivity index (χ0n) is 34.3. The predicted molar refractivity (Wildman–Crippen MR) is 209 cm³/mol. The number of hydrogen-bond donors (Lipinski definition) is 0. The molecule has 0 aliphatic rings. The molecule has 304 valence electrons. The van der Waals surface area contributed by atoms with E-state index in [1.165, 1.54) is 180 Å². The second-order valence-electron chi connectivity index (χ2n) is 14.2. The summed E-state index contributed by atoms with van der Waals surface area (Å²) < 4.78 is 9.79. The van der Waals surface area contributed by atoms with Crippen LogP contribution < -0.4 is 10.2 Å². The number of ether oxygens (including phenoxy) is 2. The molecule has 0 radical (unpaired) electrons. The Morgan fingerprint density at radius 3 is 0.717 bits per heavy atom. The Morgan fingerprint density at radius 2 is 0.528 bits per heavy atom. The van der Waals surface area contributed by atoms with Gasteiger partial charge >= 0.3 is 39.2 Å². The molecule has 0 heterocycles. The fourth-order valence-electron chi connectivity index (χ4n) is 6.01. The van der Waals surface area contributed by atoms with Gasteiger partial charge in [0.05, 0.1) is 25.2 Å². The van der Waals surface area contributed by atoms with Gasteiger partial charge in [-0.3, -0.25) is 0 Å². The number of carboxylic acids is 2. The van der Waals surface area contributed by atoms with Crippen molar-refractivity contribution in [1.82, 2.24) is 0 Å². The number of carbonyl (C=O) groups is 4. The van der Waals surface area contributed by atoms with E-state index in [4.69, 9.17) is 9.47 Å². The van der Waals surface area contributed by atoms with Gasteiger partial charge in [0.1, 0.15) is 0 Å². The average molecular weight is 848 g/mol. The van der Waals surface area contributed by atoms with Gasteiger partial charge in [-0.15, -0.1) is 0 Å². The summed E-state index contributed by atoms with van der Waals surface area (Å²) in [6, 6.07) is 0. The fourth-order valence-corrected chi connectivity index (χ4v) is 6.01. The van der Waals surface area contributed by atoms with Crippen molar-refractivity contribution < 1.29 is 66.2 Å². The van der Waals surface area contributed by atoms with Crippen molar-refractivity contribution in [2.75, 3.05) is 13.2 Å². The summed E-state index contributed by atoms with van der Waals surface area (Å²) >= 11 is 0. The largest absolute Gasteiger partial charge is 2.00 e. The van der Waals surface area contributed by atoms with Gasteiger partial charge in [0, 0.05) is 12.2 Å². The molecular formula is C44H78CdO8. The SMILES string of the molecule is CCCCCCCCCCCCCCCCCCOC(=O)/C=C\C(=O)[O-].CCCCCCCCCCCCCCCCCCOC(=O)/C=C\C(=O)[O-].[Cd+2]. The van der Waals surface area contributed by atoms with Gasteiger partial charge in [0.25, 0.3) is 0 Å². The minimum absolute atomic E-state index is 0. The van der Waals surface area contributed by atoms with Gasteiger partial charge in [-0.1, -0.05) is 206 Å². The summed E-state index contributed by atoms with van der Waals surface area (Å²) in [5.41, 5.74) is 0. The molecule has 0 spiro atoms. The van der Waals surface area contributed by atoms with Gasteiger partial charge < -0.3 is 29.3 Å². The van der Waals surface area contributed by atoms with Gasteiger partial charge in [-0.2, -0.15) is 0 Å². The van der Waals surface area contributed by atoms with Crippen LogP contribution >= 0.6 is 0 Å². The van der Waals surface area contributed by atoms with Gasteiger partial charge in [0.15, 0.2) is 0 Å². The third-order valence-electron chi connectivity index (χ3n) is 9.20. The van der Waals surface area contributed by atoms with Crippen LogP contribution in [0.15, 0.2) is 24.3 Å². The number of carbonyl (C=O) groups excluding carboxylic acids is 4. The van der Waals surface area contributed by atoms with E-state index in [1.807, 2.05) is 0 Å². The number of rotatable bonds is 38. The molecule has 0 amide bonds. The summed E-state index contributed by atoms with van der Waals surface area (Å²) in [6.45, 7) is 5.24. The smallest absolute Gasteiger partial charge is 0.545 e.